The van der Waals surface area contributed by atoms with E-state index in [9.17, 15) is 16.8 Å². The zero-order chi connectivity index (χ0) is 18.1. The highest BCUT2D eigenvalue weighted by Crippen LogP contribution is 2.23. The van der Waals surface area contributed by atoms with Gasteiger partial charge in [0.25, 0.3) is 0 Å². The third-order valence-electron chi connectivity index (χ3n) is 3.75. The Bertz CT molecular complexity index is 969. The number of rotatable bonds is 7. The van der Waals surface area contributed by atoms with Crippen LogP contribution in [0.25, 0.3) is 0 Å². The monoisotopic (exact) mass is 400 g/mol. The number of hydrogen-bond donors (Lipinski definition) is 2. The average Bonchev–Trinajstić information content (AvgIpc) is 3.37. The number of nitrogens with one attached hydrogen (secondary N) is 2. The van der Waals surface area contributed by atoms with E-state index in [1.54, 1.807) is 24.3 Å². The van der Waals surface area contributed by atoms with Crippen molar-refractivity contribution in [2.45, 2.75) is 35.2 Å². The van der Waals surface area contributed by atoms with E-state index in [1.807, 2.05) is 0 Å². The van der Waals surface area contributed by atoms with Gasteiger partial charge in [-0.25, -0.2) is 26.3 Å². The van der Waals surface area contributed by atoms with Crippen LogP contribution in [0.3, 0.4) is 0 Å². The highest BCUT2D eigenvalue weighted by atomic mass is 35.5. The van der Waals surface area contributed by atoms with Crippen LogP contribution in [0.1, 0.15) is 18.4 Å². The smallest absolute Gasteiger partial charge is 0.208 e. The summed E-state index contributed by atoms with van der Waals surface area (Å²) in [6.45, 7) is 0.0469. The third-order valence-corrected chi connectivity index (χ3v) is 7.08. The molecular weight excluding hydrogens is 384 g/mol. The van der Waals surface area contributed by atoms with Gasteiger partial charge in [-0.3, -0.25) is 0 Å². The topological polar surface area (TPSA) is 92.3 Å². The molecule has 0 saturated heterocycles. The molecular formula is C16H17ClN2O4S2. The minimum absolute atomic E-state index is 0.00861. The molecule has 1 saturated carbocycles. The molecule has 0 heterocycles. The van der Waals surface area contributed by atoms with E-state index in [0.717, 1.165) is 12.8 Å². The Hall–Kier alpha value is -1.45. The molecule has 1 aliphatic rings. The molecule has 2 N–H and O–H groups in total. The minimum Gasteiger partial charge on any atom is -0.208 e. The van der Waals surface area contributed by atoms with E-state index >= 15 is 0 Å². The van der Waals surface area contributed by atoms with Crippen LogP contribution in [-0.4, -0.2) is 22.9 Å². The Kier molecular flexibility index (Phi) is 5.17. The van der Waals surface area contributed by atoms with Gasteiger partial charge in [0.2, 0.25) is 20.0 Å². The maximum atomic E-state index is 12.3. The van der Waals surface area contributed by atoms with Crippen molar-refractivity contribution in [1.82, 2.24) is 9.44 Å². The van der Waals surface area contributed by atoms with Gasteiger partial charge >= 0.3 is 0 Å². The fourth-order valence-corrected chi connectivity index (χ4v) is 4.70. The molecule has 134 valence electrons. The van der Waals surface area contributed by atoms with Crippen LogP contribution in [0.4, 0.5) is 0 Å². The summed E-state index contributed by atoms with van der Waals surface area (Å²) in [6, 6.07) is 12.0. The van der Waals surface area contributed by atoms with Crippen LogP contribution in [0, 0.1) is 0 Å². The number of benzene rings is 2. The number of halogens is 1. The molecule has 0 bridgehead atoms. The van der Waals surface area contributed by atoms with Crippen LogP contribution in [0.2, 0.25) is 5.02 Å². The molecule has 0 unspecified atom stereocenters. The first kappa shape index (κ1) is 18.3. The second kappa shape index (κ2) is 7.05. The molecule has 6 nitrogen and oxygen atoms in total. The van der Waals surface area contributed by atoms with Gasteiger partial charge in [0.15, 0.2) is 0 Å². The Morgan fingerprint density at radius 2 is 1.44 bits per heavy atom. The highest BCUT2D eigenvalue weighted by Gasteiger charge is 2.28. The summed E-state index contributed by atoms with van der Waals surface area (Å²) in [5, 5.41) is 0.470. The quantitative estimate of drug-likeness (QED) is 0.745. The zero-order valence-electron chi connectivity index (χ0n) is 13.1. The van der Waals surface area contributed by atoms with Crippen molar-refractivity contribution in [2.24, 2.45) is 0 Å². The Morgan fingerprint density at radius 3 is 2.00 bits per heavy atom. The molecule has 0 atom stereocenters. The lowest BCUT2D eigenvalue weighted by Crippen LogP contribution is -2.26. The summed E-state index contributed by atoms with van der Waals surface area (Å²) in [5.41, 5.74) is 0.653. The normalized spacial score (nSPS) is 15.2. The van der Waals surface area contributed by atoms with Gasteiger partial charge in [-0.2, -0.15) is 0 Å². The Balaban J connectivity index is 1.73. The van der Waals surface area contributed by atoms with Crippen molar-refractivity contribution >= 4 is 31.6 Å². The van der Waals surface area contributed by atoms with Crippen molar-refractivity contribution < 1.29 is 16.8 Å². The van der Waals surface area contributed by atoms with Crippen LogP contribution >= 0.6 is 11.6 Å². The molecule has 0 aliphatic heterocycles. The molecule has 2 aromatic carbocycles. The van der Waals surface area contributed by atoms with Crippen molar-refractivity contribution in [2.75, 3.05) is 0 Å². The van der Waals surface area contributed by atoms with Gasteiger partial charge in [-0.15, -0.1) is 0 Å². The summed E-state index contributed by atoms with van der Waals surface area (Å²) in [5.74, 6) is 0. The zero-order valence-corrected chi connectivity index (χ0v) is 15.5. The molecule has 0 amide bonds. The molecule has 0 radical (unpaired) electrons. The predicted octanol–water partition coefficient (Wildman–Crippen LogP) is 2.26. The maximum Gasteiger partial charge on any atom is 0.240 e. The molecule has 0 aromatic heterocycles. The SMILES string of the molecule is O=S(=O)(NCc1ccccc1Cl)c1ccc(S(=O)(=O)NC2CC2)cc1. The summed E-state index contributed by atoms with van der Waals surface area (Å²) in [4.78, 5) is 0.0365. The second-order valence-electron chi connectivity index (χ2n) is 5.78. The van der Waals surface area contributed by atoms with Gasteiger partial charge in [-0.05, 0) is 48.7 Å². The fraction of sp³-hybridized carbons (Fsp3) is 0.250. The molecule has 25 heavy (non-hydrogen) atoms. The van der Waals surface area contributed by atoms with Crippen LogP contribution in [-0.2, 0) is 26.6 Å². The van der Waals surface area contributed by atoms with Crippen LogP contribution in [0.5, 0.6) is 0 Å². The van der Waals surface area contributed by atoms with Crippen molar-refractivity contribution in [3.63, 3.8) is 0 Å². The Morgan fingerprint density at radius 1 is 0.880 bits per heavy atom. The van der Waals surface area contributed by atoms with Crippen molar-refractivity contribution in [1.29, 1.82) is 0 Å². The van der Waals surface area contributed by atoms with Crippen LogP contribution in [0.15, 0.2) is 58.3 Å². The van der Waals surface area contributed by atoms with E-state index in [0.29, 0.717) is 10.6 Å². The molecule has 2 aromatic rings. The molecule has 1 fully saturated rings. The van der Waals surface area contributed by atoms with E-state index in [2.05, 4.69) is 9.44 Å². The fourth-order valence-electron chi connectivity index (χ4n) is 2.18. The first-order chi connectivity index (χ1) is 11.8. The second-order valence-corrected chi connectivity index (χ2v) is 9.67. The van der Waals surface area contributed by atoms with Gasteiger partial charge in [0.05, 0.1) is 9.79 Å². The average molecular weight is 401 g/mol. The van der Waals surface area contributed by atoms with Crippen molar-refractivity contribution in [3.8, 4) is 0 Å². The standard InChI is InChI=1S/C16H17ClN2O4S2/c17-16-4-2-1-3-12(16)11-18-24(20,21)14-7-9-15(10-8-14)25(22,23)19-13-5-6-13/h1-4,7-10,13,18-19H,5-6,11H2. The molecule has 1 aliphatic carbocycles. The number of sulfonamides is 2. The molecule has 9 heteroatoms. The van der Waals surface area contributed by atoms with E-state index in [1.165, 1.54) is 24.3 Å². The third kappa shape index (κ3) is 4.59. The van der Waals surface area contributed by atoms with Gasteiger partial charge in [0.1, 0.15) is 0 Å². The van der Waals surface area contributed by atoms with Gasteiger partial charge < -0.3 is 0 Å². The van der Waals surface area contributed by atoms with E-state index in [4.69, 9.17) is 11.6 Å². The van der Waals surface area contributed by atoms with E-state index < -0.39 is 20.0 Å². The summed E-state index contributed by atoms with van der Waals surface area (Å²) in [6.07, 6.45) is 1.66. The largest absolute Gasteiger partial charge is 0.240 e. The summed E-state index contributed by atoms with van der Waals surface area (Å²) >= 11 is 6.01. The maximum absolute atomic E-state index is 12.3. The van der Waals surface area contributed by atoms with E-state index in [-0.39, 0.29) is 22.4 Å². The first-order valence-electron chi connectivity index (χ1n) is 7.63. The first-order valence-corrected chi connectivity index (χ1v) is 11.0. The predicted molar refractivity (Wildman–Crippen MR) is 95.3 cm³/mol. The summed E-state index contributed by atoms with van der Waals surface area (Å²) < 4.78 is 53.9. The van der Waals surface area contributed by atoms with Gasteiger partial charge in [0, 0.05) is 17.6 Å². The lowest BCUT2D eigenvalue weighted by atomic mass is 10.2. The van der Waals surface area contributed by atoms with Crippen molar-refractivity contribution in [3.05, 3.63) is 59.1 Å². The highest BCUT2D eigenvalue weighted by molar-refractivity contribution is 7.90. The lowest BCUT2D eigenvalue weighted by molar-refractivity contribution is 0.577. The molecule has 3 rings (SSSR count). The number of hydrogen-bond acceptors (Lipinski definition) is 4. The van der Waals surface area contributed by atoms with Crippen LogP contribution < -0.4 is 9.44 Å². The lowest BCUT2D eigenvalue weighted by Gasteiger charge is -2.09. The minimum atomic E-state index is -3.77. The molecule has 0 spiro atoms. The van der Waals surface area contributed by atoms with Gasteiger partial charge in [-0.1, -0.05) is 29.8 Å². The Labute approximate surface area is 152 Å². The summed E-state index contributed by atoms with van der Waals surface area (Å²) in [7, 11) is -7.37.